The van der Waals surface area contributed by atoms with Crippen molar-refractivity contribution in [3.05, 3.63) is 50.6 Å². The molecule has 0 rings (SSSR count). The standard InChI is InChI=1S/2C4H6.C3H7NO2/c2*1-3-4-2;1-2-6-3(4)5/h2*3-4H,1-2H2;2H2,1H3,(H2,4,5). The molecule has 3 nitrogen and oxygen atoms in total. The molecule has 0 aliphatic heterocycles. The van der Waals surface area contributed by atoms with Crippen molar-refractivity contribution in [1.29, 1.82) is 0 Å². The highest BCUT2D eigenvalue weighted by Gasteiger charge is 1.82. The van der Waals surface area contributed by atoms with E-state index >= 15 is 0 Å². The van der Waals surface area contributed by atoms with Gasteiger partial charge in [-0.1, -0.05) is 50.6 Å². The van der Waals surface area contributed by atoms with Crippen molar-refractivity contribution in [2.24, 2.45) is 5.73 Å². The fraction of sp³-hybridized carbons (Fsp3) is 0.182. The number of hydrogen-bond acceptors (Lipinski definition) is 2. The van der Waals surface area contributed by atoms with Gasteiger partial charge in [-0.3, -0.25) is 0 Å². The highest BCUT2D eigenvalue weighted by atomic mass is 16.5. The molecule has 0 spiro atoms. The summed E-state index contributed by atoms with van der Waals surface area (Å²) in [7, 11) is 0. The molecule has 0 atom stereocenters. The van der Waals surface area contributed by atoms with Crippen LogP contribution in [-0.4, -0.2) is 12.7 Å². The minimum atomic E-state index is -0.711. The lowest BCUT2D eigenvalue weighted by molar-refractivity contribution is 0.163. The van der Waals surface area contributed by atoms with E-state index in [0.29, 0.717) is 6.61 Å². The van der Waals surface area contributed by atoms with Gasteiger partial charge in [0.2, 0.25) is 0 Å². The Labute approximate surface area is 86.3 Å². The summed E-state index contributed by atoms with van der Waals surface area (Å²) in [6.07, 6.45) is 5.84. The van der Waals surface area contributed by atoms with Crippen LogP contribution in [0.1, 0.15) is 6.92 Å². The van der Waals surface area contributed by atoms with E-state index in [4.69, 9.17) is 0 Å². The van der Waals surface area contributed by atoms with E-state index in [1.807, 2.05) is 0 Å². The van der Waals surface area contributed by atoms with Gasteiger partial charge in [-0.2, -0.15) is 0 Å². The molecular formula is C11H19NO2. The number of carbonyl (C=O) groups is 1. The third kappa shape index (κ3) is 83.5. The Balaban J connectivity index is -0.000000135. The summed E-state index contributed by atoms with van der Waals surface area (Å²) in [6, 6.07) is 0. The van der Waals surface area contributed by atoms with Gasteiger partial charge >= 0.3 is 6.09 Å². The quantitative estimate of drug-likeness (QED) is 0.707. The smallest absolute Gasteiger partial charge is 0.404 e. The summed E-state index contributed by atoms with van der Waals surface area (Å²) in [5.74, 6) is 0. The fourth-order valence-electron chi connectivity index (χ4n) is 0.142. The van der Waals surface area contributed by atoms with Crippen LogP contribution in [0.3, 0.4) is 0 Å². The summed E-state index contributed by atoms with van der Waals surface area (Å²) in [5.41, 5.74) is 4.54. The van der Waals surface area contributed by atoms with Crippen molar-refractivity contribution < 1.29 is 9.53 Å². The third-order valence-electron chi connectivity index (χ3n) is 0.620. The second-order valence-electron chi connectivity index (χ2n) is 1.69. The Morgan fingerprint density at radius 1 is 1.14 bits per heavy atom. The molecule has 3 heteroatoms. The number of primary amides is 1. The first-order chi connectivity index (χ1) is 6.60. The van der Waals surface area contributed by atoms with E-state index in [9.17, 15) is 4.79 Å². The molecule has 2 N–H and O–H groups in total. The molecule has 0 bridgehead atoms. The second kappa shape index (κ2) is 22.5. The van der Waals surface area contributed by atoms with Gasteiger partial charge in [-0.15, -0.1) is 0 Å². The van der Waals surface area contributed by atoms with E-state index in [1.165, 1.54) is 0 Å². The van der Waals surface area contributed by atoms with Crippen molar-refractivity contribution in [3.8, 4) is 0 Å². The largest absolute Gasteiger partial charge is 0.450 e. The Morgan fingerprint density at radius 3 is 1.43 bits per heavy atom. The van der Waals surface area contributed by atoms with Crippen molar-refractivity contribution in [2.45, 2.75) is 6.92 Å². The molecule has 0 fully saturated rings. The van der Waals surface area contributed by atoms with Gasteiger partial charge in [-0.05, 0) is 6.92 Å². The molecule has 14 heavy (non-hydrogen) atoms. The van der Waals surface area contributed by atoms with Crippen LogP contribution in [0.5, 0.6) is 0 Å². The number of amides is 1. The van der Waals surface area contributed by atoms with Gasteiger partial charge in [0, 0.05) is 0 Å². The minimum absolute atomic E-state index is 0.356. The molecule has 0 saturated heterocycles. The normalized spacial score (nSPS) is 6.07. The average Bonchev–Trinajstić information content (AvgIpc) is 2.18. The zero-order valence-corrected chi connectivity index (χ0v) is 8.74. The van der Waals surface area contributed by atoms with Crippen molar-refractivity contribution in [3.63, 3.8) is 0 Å². The fourth-order valence-corrected chi connectivity index (χ4v) is 0.142. The van der Waals surface area contributed by atoms with Gasteiger partial charge in [-0.25, -0.2) is 4.79 Å². The number of hydrogen-bond donors (Lipinski definition) is 1. The van der Waals surface area contributed by atoms with Crippen molar-refractivity contribution in [1.82, 2.24) is 0 Å². The van der Waals surface area contributed by atoms with Gasteiger partial charge in [0.05, 0.1) is 6.61 Å². The molecule has 0 unspecified atom stereocenters. The summed E-state index contributed by atoms with van der Waals surface area (Å²) in [4.78, 5) is 9.60. The van der Waals surface area contributed by atoms with Gasteiger partial charge in [0.1, 0.15) is 0 Å². The summed E-state index contributed by atoms with van der Waals surface area (Å²) in [5, 5.41) is 0. The molecule has 0 saturated carbocycles. The van der Waals surface area contributed by atoms with Crippen LogP contribution < -0.4 is 5.73 Å². The van der Waals surface area contributed by atoms with Crippen LogP contribution in [-0.2, 0) is 4.74 Å². The molecule has 1 amide bonds. The van der Waals surface area contributed by atoms with Crippen LogP contribution in [0.25, 0.3) is 0 Å². The number of ether oxygens (including phenoxy) is 1. The van der Waals surface area contributed by atoms with Gasteiger partial charge in [0.15, 0.2) is 0 Å². The molecule has 0 aromatic heterocycles. The van der Waals surface area contributed by atoms with Crippen LogP contribution >= 0.6 is 0 Å². The summed E-state index contributed by atoms with van der Waals surface area (Å²) in [6.45, 7) is 15.5. The lowest BCUT2D eigenvalue weighted by atomic mass is 10.6. The Hall–Kier alpha value is -1.77. The maximum absolute atomic E-state index is 9.60. The van der Waals surface area contributed by atoms with Crippen LogP contribution in [0, 0.1) is 0 Å². The molecule has 80 valence electrons. The van der Waals surface area contributed by atoms with E-state index in [0.717, 1.165) is 0 Å². The molecule has 0 aliphatic carbocycles. The number of allylic oxidation sites excluding steroid dienone is 4. The predicted molar refractivity (Wildman–Crippen MR) is 62.0 cm³/mol. The highest BCUT2D eigenvalue weighted by Crippen LogP contribution is 1.66. The zero-order chi connectivity index (χ0) is 11.8. The summed E-state index contributed by atoms with van der Waals surface area (Å²) < 4.78 is 4.18. The average molecular weight is 197 g/mol. The van der Waals surface area contributed by atoms with Gasteiger partial charge < -0.3 is 10.5 Å². The first-order valence-corrected chi connectivity index (χ1v) is 3.99. The number of carbonyl (C=O) groups excluding carboxylic acids is 1. The second-order valence-corrected chi connectivity index (χ2v) is 1.69. The van der Waals surface area contributed by atoms with E-state index < -0.39 is 6.09 Å². The first kappa shape index (κ1) is 18.1. The number of nitrogens with two attached hydrogens (primary N) is 1. The molecule has 0 heterocycles. The summed E-state index contributed by atoms with van der Waals surface area (Å²) >= 11 is 0. The molecule has 0 aromatic carbocycles. The Kier molecular flexibility index (Phi) is 29.1. The molecule has 0 aliphatic rings. The van der Waals surface area contributed by atoms with Crippen LogP contribution in [0.4, 0.5) is 4.79 Å². The first-order valence-electron chi connectivity index (χ1n) is 3.99. The molecule has 0 aromatic rings. The third-order valence-corrected chi connectivity index (χ3v) is 0.620. The van der Waals surface area contributed by atoms with E-state index in [-0.39, 0.29) is 0 Å². The van der Waals surface area contributed by atoms with Crippen LogP contribution in [0.2, 0.25) is 0 Å². The molecular weight excluding hydrogens is 178 g/mol. The molecule has 0 radical (unpaired) electrons. The van der Waals surface area contributed by atoms with E-state index in [1.54, 1.807) is 31.2 Å². The Morgan fingerprint density at radius 2 is 1.43 bits per heavy atom. The minimum Gasteiger partial charge on any atom is -0.450 e. The maximum Gasteiger partial charge on any atom is 0.404 e. The van der Waals surface area contributed by atoms with Crippen molar-refractivity contribution in [2.75, 3.05) is 6.61 Å². The van der Waals surface area contributed by atoms with E-state index in [2.05, 4.69) is 36.8 Å². The lowest BCUT2D eigenvalue weighted by Gasteiger charge is -1.89. The van der Waals surface area contributed by atoms with Crippen molar-refractivity contribution >= 4 is 6.09 Å². The van der Waals surface area contributed by atoms with Gasteiger partial charge in [0.25, 0.3) is 0 Å². The monoisotopic (exact) mass is 197 g/mol. The lowest BCUT2D eigenvalue weighted by Crippen LogP contribution is -2.11. The SMILES string of the molecule is C=CC=C.C=CC=C.CCOC(N)=O. The maximum atomic E-state index is 9.60. The predicted octanol–water partition coefficient (Wildman–Crippen LogP) is 2.82. The van der Waals surface area contributed by atoms with Crippen LogP contribution in [0.15, 0.2) is 50.6 Å². The number of rotatable bonds is 3. The zero-order valence-electron chi connectivity index (χ0n) is 8.74. The Bertz CT molecular complexity index is 150. The topological polar surface area (TPSA) is 52.3 Å². The highest BCUT2D eigenvalue weighted by molar-refractivity contribution is 5.64.